The lowest BCUT2D eigenvalue weighted by molar-refractivity contribution is -0.138. The standard InChI is InChI=1S/C28H24F4N2OS2/c1-15-11-12-23(37-15)24-16(2)18(13-19-20(28(30,31)32)9-6-10-21(19)29)27-34(26(24)35)22(14-36-27)25(33)17-7-4-3-5-8-17/h3-12,22,25H,13-14,33H2,1-2H3. The van der Waals surface area contributed by atoms with E-state index >= 15 is 0 Å². The maximum Gasteiger partial charge on any atom is 0.416 e. The second kappa shape index (κ2) is 9.78. The van der Waals surface area contributed by atoms with Crippen molar-refractivity contribution in [3.8, 4) is 10.4 Å². The molecule has 2 atom stereocenters. The molecule has 0 saturated heterocycles. The molecule has 3 nitrogen and oxygen atoms in total. The molecule has 0 aliphatic carbocycles. The number of nitrogens with zero attached hydrogens (tertiary/aromatic N) is 1. The lowest BCUT2D eigenvalue weighted by Crippen LogP contribution is -2.33. The molecule has 37 heavy (non-hydrogen) atoms. The van der Waals surface area contributed by atoms with Crippen LogP contribution in [0.4, 0.5) is 17.6 Å². The van der Waals surface area contributed by atoms with Gasteiger partial charge in [0.05, 0.1) is 28.2 Å². The average molecular weight is 545 g/mol. The van der Waals surface area contributed by atoms with Crippen molar-refractivity contribution in [2.24, 2.45) is 5.73 Å². The highest BCUT2D eigenvalue weighted by molar-refractivity contribution is 7.99. The van der Waals surface area contributed by atoms with Crippen molar-refractivity contribution in [1.82, 2.24) is 4.57 Å². The average Bonchev–Trinajstić information content (AvgIpc) is 3.49. The molecule has 4 aromatic rings. The largest absolute Gasteiger partial charge is 0.416 e. The van der Waals surface area contributed by atoms with E-state index in [0.29, 0.717) is 27.5 Å². The Morgan fingerprint density at radius 3 is 2.41 bits per heavy atom. The van der Waals surface area contributed by atoms with E-state index in [1.54, 1.807) is 11.5 Å². The first-order chi connectivity index (χ1) is 17.6. The Kier molecular flexibility index (Phi) is 6.81. The molecule has 2 aromatic heterocycles. The molecule has 0 amide bonds. The third-order valence-corrected chi connectivity index (χ3v) is 9.07. The minimum atomic E-state index is -4.71. The number of rotatable bonds is 5. The fourth-order valence-corrected chi connectivity index (χ4v) is 7.34. The summed E-state index contributed by atoms with van der Waals surface area (Å²) in [5, 5.41) is 0.548. The van der Waals surface area contributed by atoms with E-state index < -0.39 is 35.2 Å². The van der Waals surface area contributed by atoms with Gasteiger partial charge in [-0.2, -0.15) is 13.2 Å². The number of benzene rings is 2. The highest BCUT2D eigenvalue weighted by Crippen LogP contribution is 2.44. The number of halogens is 4. The molecule has 2 aromatic carbocycles. The molecule has 0 radical (unpaired) electrons. The smallest absolute Gasteiger partial charge is 0.322 e. The minimum Gasteiger partial charge on any atom is -0.322 e. The van der Waals surface area contributed by atoms with Crippen molar-refractivity contribution in [3.63, 3.8) is 0 Å². The van der Waals surface area contributed by atoms with Crippen molar-refractivity contribution in [2.45, 2.75) is 43.6 Å². The molecule has 2 unspecified atom stereocenters. The monoisotopic (exact) mass is 544 g/mol. The van der Waals surface area contributed by atoms with E-state index in [-0.39, 0.29) is 12.0 Å². The summed E-state index contributed by atoms with van der Waals surface area (Å²) in [6.07, 6.45) is -5.00. The van der Waals surface area contributed by atoms with Gasteiger partial charge in [-0.25, -0.2) is 4.39 Å². The maximum atomic E-state index is 14.9. The van der Waals surface area contributed by atoms with E-state index in [4.69, 9.17) is 5.73 Å². The van der Waals surface area contributed by atoms with Gasteiger partial charge in [-0.05, 0) is 54.8 Å². The Balaban J connectivity index is 1.74. The Bertz CT molecular complexity index is 1530. The van der Waals surface area contributed by atoms with Crippen LogP contribution >= 0.6 is 23.1 Å². The number of fused-ring (bicyclic) bond motifs is 1. The first-order valence-electron chi connectivity index (χ1n) is 11.7. The van der Waals surface area contributed by atoms with Crippen molar-refractivity contribution >= 4 is 23.1 Å². The quantitative estimate of drug-likeness (QED) is 0.269. The third-order valence-electron chi connectivity index (χ3n) is 6.82. The van der Waals surface area contributed by atoms with Gasteiger partial charge in [0.1, 0.15) is 5.82 Å². The number of hydrogen-bond acceptors (Lipinski definition) is 4. The normalized spacial score (nSPS) is 16.1. The molecular formula is C28H24F4N2OS2. The number of thiophene rings is 1. The number of pyridine rings is 1. The van der Waals surface area contributed by atoms with Gasteiger partial charge < -0.3 is 5.73 Å². The maximum absolute atomic E-state index is 14.9. The van der Waals surface area contributed by atoms with E-state index in [0.717, 1.165) is 33.5 Å². The van der Waals surface area contributed by atoms with Crippen LogP contribution in [0, 0.1) is 19.7 Å². The summed E-state index contributed by atoms with van der Waals surface area (Å²) in [5.74, 6) is -0.443. The predicted molar refractivity (Wildman–Crippen MR) is 141 cm³/mol. The highest BCUT2D eigenvalue weighted by atomic mass is 32.2. The summed E-state index contributed by atoms with van der Waals surface area (Å²) < 4.78 is 58.0. The van der Waals surface area contributed by atoms with Crippen LogP contribution in [-0.2, 0) is 12.6 Å². The predicted octanol–water partition coefficient (Wildman–Crippen LogP) is 7.29. The number of alkyl halides is 3. The molecule has 0 spiro atoms. The second-order valence-corrected chi connectivity index (χ2v) is 11.4. The third kappa shape index (κ3) is 4.64. The van der Waals surface area contributed by atoms with Gasteiger partial charge in [-0.1, -0.05) is 36.4 Å². The fraction of sp³-hybridized carbons (Fsp3) is 0.250. The van der Waals surface area contributed by atoms with E-state index in [9.17, 15) is 22.4 Å². The molecule has 1 aliphatic rings. The first-order valence-corrected chi connectivity index (χ1v) is 13.5. The minimum absolute atomic E-state index is 0.232. The molecule has 0 bridgehead atoms. The van der Waals surface area contributed by atoms with Gasteiger partial charge in [0.2, 0.25) is 0 Å². The Labute approximate surface area is 220 Å². The lowest BCUT2D eigenvalue weighted by Gasteiger charge is -2.24. The van der Waals surface area contributed by atoms with Crippen LogP contribution in [0.3, 0.4) is 0 Å². The van der Waals surface area contributed by atoms with Crippen molar-refractivity contribution in [3.05, 3.63) is 110 Å². The zero-order chi connectivity index (χ0) is 26.5. The summed E-state index contributed by atoms with van der Waals surface area (Å²) in [4.78, 5) is 15.7. The molecular weight excluding hydrogens is 520 g/mol. The molecule has 192 valence electrons. The molecule has 0 saturated carbocycles. The SMILES string of the molecule is Cc1ccc(-c2c(C)c(Cc3c(F)cccc3C(F)(F)F)c3n(c2=O)C(C(N)c2ccccc2)CS3)s1. The van der Waals surface area contributed by atoms with Crippen LogP contribution in [0.1, 0.15) is 44.8 Å². The molecule has 5 rings (SSSR count). The van der Waals surface area contributed by atoms with Crippen LogP contribution < -0.4 is 11.3 Å². The molecule has 9 heteroatoms. The number of hydrogen-bond donors (Lipinski definition) is 1. The topological polar surface area (TPSA) is 48.0 Å². The molecule has 1 aliphatic heterocycles. The first kappa shape index (κ1) is 25.8. The second-order valence-electron chi connectivity index (χ2n) is 9.12. The van der Waals surface area contributed by atoms with Crippen molar-refractivity contribution < 1.29 is 17.6 Å². The van der Waals surface area contributed by atoms with Gasteiger partial charge in [0, 0.05) is 27.5 Å². The Morgan fingerprint density at radius 2 is 1.76 bits per heavy atom. The summed E-state index contributed by atoms with van der Waals surface area (Å²) in [6, 6.07) is 15.3. The molecule has 0 fully saturated rings. The summed E-state index contributed by atoms with van der Waals surface area (Å²) in [6.45, 7) is 3.66. The van der Waals surface area contributed by atoms with Crippen LogP contribution in [0.2, 0.25) is 0 Å². The highest BCUT2D eigenvalue weighted by Gasteiger charge is 2.37. The zero-order valence-corrected chi connectivity index (χ0v) is 21.7. The van der Waals surface area contributed by atoms with E-state index in [1.165, 1.54) is 23.1 Å². The zero-order valence-electron chi connectivity index (χ0n) is 20.1. The number of thioether (sulfide) groups is 1. The van der Waals surface area contributed by atoms with Crippen LogP contribution in [0.15, 0.2) is 70.5 Å². The lowest BCUT2D eigenvalue weighted by atomic mass is 9.94. The Hall–Kier alpha value is -2.88. The molecule has 3 heterocycles. The summed E-state index contributed by atoms with van der Waals surface area (Å²) >= 11 is 2.82. The summed E-state index contributed by atoms with van der Waals surface area (Å²) in [7, 11) is 0. The van der Waals surface area contributed by atoms with E-state index in [2.05, 4.69) is 0 Å². The van der Waals surface area contributed by atoms with Gasteiger partial charge >= 0.3 is 6.18 Å². The van der Waals surface area contributed by atoms with Crippen molar-refractivity contribution in [2.75, 3.05) is 5.75 Å². The summed E-state index contributed by atoms with van der Waals surface area (Å²) in [5.41, 5.74) is 7.34. The number of aromatic nitrogens is 1. The van der Waals surface area contributed by atoms with E-state index in [1.807, 2.05) is 49.4 Å². The Morgan fingerprint density at radius 1 is 1.03 bits per heavy atom. The van der Waals surface area contributed by atoms with Crippen molar-refractivity contribution in [1.29, 1.82) is 0 Å². The fourth-order valence-electron chi connectivity index (χ4n) is 4.94. The van der Waals surface area contributed by atoms with Gasteiger partial charge in [0.25, 0.3) is 5.56 Å². The number of aryl methyl sites for hydroxylation is 1. The molecule has 2 N–H and O–H groups in total. The van der Waals surface area contributed by atoms with Crippen LogP contribution in [-0.4, -0.2) is 10.3 Å². The van der Waals surface area contributed by atoms with Gasteiger partial charge in [-0.15, -0.1) is 23.1 Å². The van der Waals surface area contributed by atoms with Gasteiger partial charge in [-0.3, -0.25) is 9.36 Å². The van der Waals surface area contributed by atoms with Crippen LogP contribution in [0.25, 0.3) is 10.4 Å². The number of nitrogens with two attached hydrogens (primary N) is 1. The van der Waals surface area contributed by atoms with Crippen LogP contribution in [0.5, 0.6) is 0 Å². The van der Waals surface area contributed by atoms with Gasteiger partial charge in [0.15, 0.2) is 0 Å².